The van der Waals surface area contributed by atoms with Gasteiger partial charge in [0.1, 0.15) is 5.75 Å². The smallest absolute Gasteiger partial charge is 0.126 e. The Morgan fingerprint density at radius 3 is 2.84 bits per heavy atom. The summed E-state index contributed by atoms with van der Waals surface area (Å²) in [6, 6.07) is 6.12. The number of benzene rings is 1. The molecule has 0 bridgehead atoms. The van der Waals surface area contributed by atoms with E-state index in [1.54, 1.807) is 0 Å². The van der Waals surface area contributed by atoms with Gasteiger partial charge >= 0.3 is 0 Å². The maximum absolute atomic E-state index is 5.74. The molecule has 0 fully saturated rings. The summed E-state index contributed by atoms with van der Waals surface area (Å²) >= 11 is 3.50. The van der Waals surface area contributed by atoms with Crippen LogP contribution < -0.4 is 10.1 Å². The Labute approximate surface area is 125 Å². The Morgan fingerprint density at radius 1 is 1.37 bits per heavy atom. The summed E-state index contributed by atoms with van der Waals surface area (Å²) in [5.41, 5.74) is 1.12. The molecule has 0 aromatic heterocycles. The Morgan fingerprint density at radius 2 is 2.16 bits per heavy atom. The summed E-state index contributed by atoms with van der Waals surface area (Å²) in [6.07, 6.45) is 5.28. The standard InChI is InChI=1S/C16H24BrNO/c1-4-10-19-16-8-7-15(17)11-14(16)6-5-9-18-12-13(2)3/h5-8,11,13,18H,4,9-10,12H2,1-3H3. The highest BCUT2D eigenvalue weighted by molar-refractivity contribution is 9.10. The molecule has 0 saturated carbocycles. The molecule has 1 N–H and O–H groups in total. The summed E-state index contributed by atoms with van der Waals surface area (Å²) in [5.74, 6) is 1.63. The first-order valence-corrected chi connectivity index (χ1v) is 7.72. The van der Waals surface area contributed by atoms with Gasteiger partial charge in [0.05, 0.1) is 6.61 Å². The van der Waals surface area contributed by atoms with Gasteiger partial charge < -0.3 is 10.1 Å². The van der Waals surface area contributed by atoms with Gasteiger partial charge in [-0.15, -0.1) is 0 Å². The summed E-state index contributed by atoms with van der Waals surface area (Å²) in [7, 11) is 0. The van der Waals surface area contributed by atoms with E-state index >= 15 is 0 Å². The minimum atomic E-state index is 0.683. The minimum Gasteiger partial charge on any atom is -0.493 e. The lowest BCUT2D eigenvalue weighted by Crippen LogP contribution is -2.19. The molecule has 2 nitrogen and oxygen atoms in total. The molecule has 0 aliphatic rings. The normalized spacial score (nSPS) is 11.4. The molecule has 0 saturated heterocycles. The minimum absolute atomic E-state index is 0.683. The Hall–Kier alpha value is -0.800. The zero-order valence-electron chi connectivity index (χ0n) is 12.1. The second-order valence-corrected chi connectivity index (χ2v) is 5.90. The van der Waals surface area contributed by atoms with Crippen molar-refractivity contribution in [2.75, 3.05) is 19.7 Å². The summed E-state index contributed by atoms with van der Waals surface area (Å²) in [5, 5.41) is 3.39. The SMILES string of the molecule is CCCOc1ccc(Br)cc1C=CCNCC(C)C. The van der Waals surface area contributed by atoms with Crippen LogP contribution in [-0.2, 0) is 0 Å². The van der Waals surface area contributed by atoms with Gasteiger partial charge in [-0.2, -0.15) is 0 Å². The van der Waals surface area contributed by atoms with Crippen LogP contribution in [0.25, 0.3) is 6.08 Å². The maximum atomic E-state index is 5.74. The van der Waals surface area contributed by atoms with E-state index in [9.17, 15) is 0 Å². The predicted molar refractivity (Wildman–Crippen MR) is 86.7 cm³/mol. The Kier molecular flexibility index (Phi) is 7.84. The van der Waals surface area contributed by atoms with E-state index in [4.69, 9.17) is 4.74 Å². The van der Waals surface area contributed by atoms with Crippen LogP contribution in [0.3, 0.4) is 0 Å². The van der Waals surface area contributed by atoms with Crippen molar-refractivity contribution < 1.29 is 4.74 Å². The monoisotopic (exact) mass is 325 g/mol. The summed E-state index contributed by atoms with van der Waals surface area (Å²) < 4.78 is 6.82. The molecule has 1 aromatic rings. The third-order valence-corrected chi connectivity index (χ3v) is 3.04. The molecule has 1 aromatic carbocycles. The van der Waals surface area contributed by atoms with Crippen molar-refractivity contribution in [3.8, 4) is 5.75 Å². The second kappa shape index (κ2) is 9.16. The number of halogens is 1. The van der Waals surface area contributed by atoms with Crippen LogP contribution in [0, 0.1) is 5.92 Å². The molecule has 3 heteroatoms. The van der Waals surface area contributed by atoms with E-state index in [-0.39, 0.29) is 0 Å². The predicted octanol–water partition coefficient (Wildman–Crippen LogP) is 4.50. The first-order chi connectivity index (χ1) is 9.13. The van der Waals surface area contributed by atoms with Gasteiger partial charge in [-0.05, 0) is 37.1 Å². The zero-order valence-corrected chi connectivity index (χ0v) is 13.7. The molecule has 0 aliphatic carbocycles. The van der Waals surface area contributed by atoms with E-state index in [1.165, 1.54) is 0 Å². The van der Waals surface area contributed by atoms with Crippen LogP contribution in [0.4, 0.5) is 0 Å². The van der Waals surface area contributed by atoms with Crippen LogP contribution in [0.1, 0.15) is 32.8 Å². The van der Waals surface area contributed by atoms with Crippen LogP contribution in [0.2, 0.25) is 0 Å². The molecule has 0 amide bonds. The van der Waals surface area contributed by atoms with E-state index in [2.05, 4.69) is 60.2 Å². The number of hydrogen-bond donors (Lipinski definition) is 1. The highest BCUT2D eigenvalue weighted by Crippen LogP contribution is 2.24. The lowest BCUT2D eigenvalue weighted by Gasteiger charge is -2.09. The fourth-order valence-electron chi connectivity index (χ4n) is 1.63. The van der Waals surface area contributed by atoms with Crippen LogP contribution in [-0.4, -0.2) is 19.7 Å². The lowest BCUT2D eigenvalue weighted by atomic mass is 10.2. The molecule has 106 valence electrons. The zero-order chi connectivity index (χ0) is 14.1. The number of nitrogens with one attached hydrogen (secondary N) is 1. The Balaban J connectivity index is 2.59. The highest BCUT2D eigenvalue weighted by Gasteiger charge is 2.01. The lowest BCUT2D eigenvalue weighted by molar-refractivity contribution is 0.316. The molecule has 0 atom stereocenters. The third kappa shape index (κ3) is 6.79. The highest BCUT2D eigenvalue weighted by atomic mass is 79.9. The van der Waals surface area contributed by atoms with Crippen molar-refractivity contribution in [2.45, 2.75) is 27.2 Å². The van der Waals surface area contributed by atoms with E-state index in [1.807, 2.05) is 12.1 Å². The Bertz CT molecular complexity index is 402. The van der Waals surface area contributed by atoms with Crippen LogP contribution in [0.5, 0.6) is 5.75 Å². The first-order valence-electron chi connectivity index (χ1n) is 6.93. The maximum Gasteiger partial charge on any atom is 0.126 e. The van der Waals surface area contributed by atoms with Crippen LogP contribution in [0.15, 0.2) is 28.7 Å². The number of rotatable bonds is 8. The first kappa shape index (κ1) is 16.3. The molecular formula is C16H24BrNO. The number of ether oxygens (including phenoxy) is 1. The molecule has 0 heterocycles. The van der Waals surface area contributed by atoms with Crippen LogP contribution >= 0.6 is 15.9 Å². The van der Waals surface area contributed by atoms with Gasteiger partial charge in [0.15, 0.2) is 0 Å². The van der Waals surface area contributed by atoms with Crippen molar-refractivity contribution in [3.05, 3.63) is 34.3 Å². The van der Waals surface area contributed by atoms with Gasteiger partial charge in [0.25, 0.3) is 0 Å². The van der Waals surface area contributed by atoms with Gasteiger partial charge in [0, 0.05) is 16.6 Å². The molecule has 1 rings (SSSR count). The van der Waals surface area contributed by atoms with Crippen molar-refractivity contribution in [1.82, 2.24) is 5.32 Å². The van der Waals surface area contributed by atoms with Crippen molar-refractivity contribution in [3.63, 3.8) is 0 Å². The average Bonchev–Trinajstić information content (AvgIpc) is 2.37. The largest absolute Gasteiger partial charge is 0.493 e. The fourth-order valence-corrected chi connectivity index (χ4v) is 2.01. The molecule has 0 radical (unpaired) electrons. The summed E-state index contributed by atoms with van der Waals surface area (Å²) in [4.78, 5) is 0. The topological polar surface area (TPSA) is 21.3 Å². The molecule has 0 spiro atoms. The van der Waals surface area contributed by atoms with E-state index in [0.717, 1.165) is 41.9 Å². The third-order valence-electron chi connectivity index (χ3n) is 2.55. The summed E-state index contributed by atoms with van der Waals surface area (Å²) in [6.45, 7) is 9.22. The van der Waals surface area contributed by atoms with Gasteiger partial charge in [-0.3, -0.25) is 0 Å². The fraction of sp³-hybridized carbons (Fsp3) is 0.500. The molecule has 0 aliphatic heterocycles. The molecule has 19 heavy (non-hydrogen) atoms. The van der Waals surface area contributed by atoms with Crippen molar-refractivity contribution >= 4 is 22.0 Å². The molecule has 0 unspecified atom stereocenters. The van der Waals surface area contributed by atoms with E-state index in [0.29, 0.717) is 5.92 Å². The van der Waals surface area contributed by atoms with Gasteiger partial charge in [0.2, 0.25) is 0 Å². The average molecular weight is 326 g/mol. The van der Waals surface area contributed by atoms with Crippen molar-refractivity contribution in [1.29, 1.82) is 0 Å². The van der Waals surface area contributed by atoms with Gasteiger partial charge in [-0.25, -0.2) is 0 Å². The molecular weight excluding hydrogens is 302 g/mol. The second-order valence-electron chi connectivity index (χ2n) is 4.99. The van der Waals surface area contributed by atoms with E-state index < -0.39 is 0 Å². The number of hydrogen-bond acceptors (Lipinski definition) is 2. The van der Waals surface area contributed by atoms with Gasteiger partial charge in [-0.1, -0.05) is 48.9 Å². The van der Waals surface area contributed by atoms with Crippen molar-refractivity contribution in [2.24, 2.45) is 5.92 Å². The quantitative estimate of drug-likeness (QED) is 0.710.